The van der Waals surface area contributed by atoms with Gasteiger partial charge in [0, 0.05) is 12.2 Å². The number of hydrogen-bond acceptors (Lipinski definition) is 2. The second-order valence-corrected chi connectivity index (χ2v) is 6.46. The molecule has 3 rings (SSSR count). The second-order valence-electron chi connectivity index (χ2n) is 6.46. The van der Waals surface area contributed by atoms with Crippen LogP contribution in [0.15, 0.2) is 30.5 Å². The molecule has 2 aliphatic rings. The Morgan fingerprint density at radius 3 is 3.00 bits per heavy atom. The fourth-order valence-corrected chi connectivity index (χ4v) is 3.33. The van der Waals surface area contributed by atoms with E-state index in [1.807, 2.05) is 0 Å². The Kier molecular flexibility index (Phi) is 3.73. The van der Waals surface area contributed by atoms with E-state index in [1.54, 1.807) is 0 Å². The molecule has 0 aromatic heterocycles. The van der Waals surface area contributed by atoms with Crippen molar-refractivity contribution < 1.29 is 4.74 Å². The first-order valence-electron chi connectivity index (χ1n) is 7.85. The normalized spacial score (nSPS) is 21.1. The van der Waals surface area contributed by atoms with Gasteiger partial charge >= 0.3 is 0 Å². The van der Waals surface area contributed by atoms with E-state index in [0.29, 0.717) is 12.0 Å². The van der Waals surface area contributed by atoms with Crippen molar-refractivity contribution in [3.05, 3.63) is 41.6 Å². The average Bonchev–Trinajstić information content (AvgIpc) is 2.80. The van der Waals surface area contributed by atoms with Crippen molar-refractivity contribution in [3.63, 3.8) is 0 Å². The number of hydrogen-bond donors (Lipinski definition) is 0. The third kappa shape index (κ3) is 2.56. The Balaban J connectivity index is 1.72. The minimum absolute atomic E-state index is 0.566. The topological polar surface area (TPSA) is 12.5 Å². The fourth-order valence-electron chi connectivity index (χ4n) is 3.33. The highest BCUT2D eigenvalue weighted by atomic mass is 16.5. The summed E-state index contributed by atoms with van der Waals surface area (Å²) in [6.45, 7) is 10.6. The number of rotatable bonds is 4. The average molecular weight is 271 g/mol. The third-order valence-corrected chi connectivity index (χ3v) is 4.55. The number of ether oxygens (including phenoxy) is 1. The molecule has 20 heavy (non-hydrogen) atoms. The third-order valence-electron chi connectivity index (χ3n) is 4.55. The molecule has 1 aromatic carbocycles. The van der Waals surface area contributed by atoms with Crippen molar-refractivity contribution >= 4 is 0 Å². The van der Waals surface area contributed by atoms with Crippen molar-refractivity contribution in [2.75, 3.05) is 13.2 Å². The van der Waals surface area contributed by atoms with Crippen LogP contribution in [0.3, 0.4) is 0 Å². The molecular weight excluding hydrogens is 246 g/mol. The SMILES string of the molecule is C=C1CCC2c3ccc(OCCC(C)C)cc3CCN12. The van der Waals surface area contributed by atoms with Crippen LogP contribution in [0, 0.1) is 5.92 Å². The van der Waals surface area contributed by atoms with Gasteiger partial charge in [-0.2, -0.15) is 0 Å². The fraction of sp³-hybridized carbons (Fsp3) is 0.556. The van der Waals surface area contributed by atoms with Gasteiger partial charge in [-0.25, -0.2) is 0 Å². The molecule has 1 fully saturated rings. The Labute approximate surface area is 122 Å². The highest BCUT2D eigenvalue weighted by Crippen LogP contribution is 2.42. The highest BCUT2D eigenvalue weighted by Gasteiger charge is 2.32. The van der Waals surface area contributed by atoms with E-state index in [-0.39, 0.29) is 0 Å². The van der Waals surface area contributed by atoms with Crippen LogP contribution in [0.4, 0.5) is 0 Å². The van der Waals surface area contributed by atoms with E-state index < -0.39 is 0 Å². The number of benzene rings is 1. The van der Waals surface area contributed by atoms with Crippen molar-refractivity contribution in [1.82, 2.24) is 4.90 Å². The van der Waals surface area contributed by atoms with E-state index in [1.165, 1.54) is 23.2 Å². The molecular formula is C18H25NO. The molecule has 0 bridgehead atoms. The lowest BCUT2D eigenvalue weighted by molar-refractivity contribution is 0.276. The molecule has 108 valence electrons. The maximum absolute atomic E-state index is 5.88. The minimum Gasteiger partial charge on any atom is -0.494 e. The van der Waals surface area contributed by atoms with Crippen LogP contribution in [-0.4, -0.2) is 18.1 Å². The Hall–Kier alpha value is -1.44. The summed E-state index contributed by atoms with van der Waals surface area (Å²) >= 11 is 0. The number of fused-ring (bicyclic) bond motifs is 3. The van der Waals surface area contributed by atoms with E-state index in [2.05, 4.69) is 43.5 Å². The lowest BCUT2D eigenvalue weighted by Gasteiger charge is -2.34. The standard InChI is InChI=1S/C18H25NO/c1-13(2)9-11-20-16-5-6-17-15(12-16)8-10-19-14(3)4-7-18(17)19/h5-6,12-13,18H,3-4,7-11H2,1-2H3. The molecule has 2 heteroatoms. The predicted octanol–water partition coefficient (Wildman–Crippen LogP) is 4.32. The van der Waals surface area contributed by atoms with Gasteiger partial charge in [0.05, 0.1) is 12.6 Å². The van der Waals surface area contributed by atoms with Crippen LogP contribution in [0.5, 0.6) is 5.75 Å². The molecule has 0 radical (unpaired) electrons. The molecule has 2 aliphatic heterocycles. The number of allylic oxidation sites excluding steroid dienone is 1. The van der Waals surface area contributed by atoms with Crippen LogP contribution < -0.4 is 4.74 Å². The highest BCUT2D eigenvalue weighted by molar-refractivity contribution is 5.41. The van der Waals surface area contributed by atoms with Gasteiger partial charge in [0.25, 0.3) is 0 Å². The Morgan fingerprint density at radius 1 is 1.35 bits per heavy atom. The summed E-state index contributed by atoms with van der Waals surface area (Å²) in [5.74, 6) is 1.74. The molecule has 0 saturated carbocycles. The molecule has 0 amide bonds. The summed E-state index contributed by atoms with van der Waals surface area (Å²) in [6.07, 6.45) is 4.61. The molecule has 2 heterocycles. The predicted molar refractivity (Wildman–Crippen MR) is 82.9 cm³/mol. The summed E-state index contributed by atoms with van der Waals surface area (Å²) < 4.78 is 5.88. The van der Waals surface area contributed by atoms with E-state index in [9.17, 15) is 0 Å². The van der Waals surface area contributed by atoms with Gasteiger partial charge in [-0.1, -0.05) is 26.5 Å². The van der Waals surface area contributed by atoms with Gasteiger partial charge in [-0.3, -0.25) is 0 Å². The number of nitrogens with zero attached hydrogens (tertiary/aromatic N) is 1. The zero-order chi connectivity index (χ0) is 14.1. The summed E-state index contributed by atoms with van der Waals surface area (Å²) in [5.41, 5.74) is 4.28. The molecule has 1 unspecified atom stereocenters. The molecule has 0 aliphatic carbocycles. The quantitative estimate of drug-likeness (QED) is 0.808. The second kappa shape index (κ2) is 5.51. The van der Waals surface area contributed by atoms with E-state index in [0.717, 1.165) is 38.2 Å². The van der Waals surface area contributed by atoms with E-state index >= 15 is 0 Å². The van der Waals surface area contributed by atoms with Gasteiger partial charge in [0.2, 0.25) is 0 Å². The zero-order valence-electron chi connectivity index (χ0n) is 12.7. The lowest BCUT2D eigenvalue weighted by Crippen LogP contribution is -2.29. The molecule has 0 spiro atoms. The molecule has 0 N–H and O–H groups in total. The van der Waals surface area contributed by atoms with Crippen LogP contribution in [-0.2, 0) is 6.42 Å². The zero-order valence-corrected chi connectivity index (χ0v) is 12.7. The maximum Gasteiger partial charge on any atom is 0.119 e. The van der Waals surface area contributed by atoms with Crippen LogP contribution >= 0.6 is 0 Å². The Bertz CT molecular complexity index is 506. The summed E-state index contributed by atoms with van der Waals surface area (Å²) in [6, 6.07) is 7.24. The summed E-state index contributed by atoms with van der Waals surface area (Å²) in [4.78, 5) is 2.49. The van der Waals surface area contributed by atoms with Crippen molar-refractivity contribution in [2.45, 2.75) is 45.6 Å². The maximum atomic E-state index is 5.88. The Morgan fingerprint density at radius 2 is 2.20 bits per heavy atom. The first-order chi connectivity index (χ1) is 9.65. The van der Waals surface area contributed by atoms with Crippen LogP contribution in [0.1, 0.15) is 50.3 Å². The molecule has 1 aromatic rings. The largest absolute Gasteiger partial charge is 0.494 e. The molecule has 1 saturated heterocycles. The first-order valence-corrected chi connectivity index (χ1v) is 7.85. The molecule has 1 atom stereocenters. The minimum atomic E-state index is 0.566. The van der Waals surface area contributed by atoms with Crippen molar-refractivity contribution in [1.29, 1.82) is 0 Å². The molecule has 2 nitrogen and oxygen atoms in total. The van der Waals surface area contributed by atoms with Gasteiger partial charge in [0.1, 0.15) is 5.75 Å². The van der Waals surface area contributed by atoms with Crippen LogP contribution in [0.2, 0.25) is 0 Å². The van der Waals surface area contributed by atoms with E-state index in [4.69, 9.17) is 4.74 Å². The monoisotopic (exact) mass is 271 g/mol. The van der Waals surface area contributed by atoms with Crippen molar-refractivity contribution in [2.24, 2.45) is 5.92 Å². The lowest BCUT2D eigenvalue weighted by atomic mass is 9.92. The summed E-state index contributed by atoms with van der Waals surface area (Å²) in [7, 11) is 0. The van der Waals surface area contributed by atoms with Gasteiger partial charge in [-0.05, 0) is 54.9 Å². The van der Waals surface area contributed by atoms with Gasteiger partial charge in [0.15, 0.2) is 0 Å². The van der Waals surface area contributed by atoms with Gasteiger partial charge < -0.3 is 9.64 Å². The smallest absolute Gasteiger partial charge is 0.119 e. The van der Waals surface area contributed by atoms with Crippen molar-refractivity contribution in [3.8, 4) is 5.75 Å². The summed E-state index contributed by atoms with van der Waals surface area (Å²) in [5, 5.41) is 0. The first kappa shape index (κ1) is 13.5. The van der Waals surface area contributed by atoms with Gasteiger partial charge in [-0.15, -0.1) is 0 Å². The van der Waals surface area contributed by atoms with Crippen LogP contribution in [0.25, 0.3) is 0 Å².